The molecule has 0 bridgehead atoms. The van der Waals surface area contributed by atoms with E-state index in [0.29, 0.717) is 0 Å². The van der Waals surface area contributed by atoms with E-state index in [9.17, 15) is 0 Å². The van der Waals surface area contributed by atoms with E-state index in [1.807, 2.05) is 24.3 Å². The van der Waals surface area contributed by atoms with Crippen molar-refractivity contribution in [3.63, 3.8) is 0 Å². The lowest BCUT2D eigenvalue weighted by molar-refractivity contribution is 0.660. The van der Waals surface area contributed by atoms with Gasteiger partial charge in [0.15, 0.2) is 5.82 Å². The summed E-state index contributed by atoms with van der Waals surface area (Å²) in [6.07, 6.45) is 0. The van der Waals surface area contributed by atoms with Gasteiger partial charge in [-0.2, -0.15) is 0 Å². The number of hydrogen-bond donors (Lipinski definition) is 0. The van der Waals surface area contributed by atoms with Crippen LogP contribution in [0.5, 0.6) is 0 Å². The van der Waals surface area contributed by atoms with Crippen molar-refractivity contribution in [3.8, 4) is 67.3 Å². The zero-order valence-corrected chi connectivity index (χ0v) is 25.4. The Morgan fingerprint density at radius 2 is 0.800 bits per heavy atom. The molecule has 1 aromatic heterocycles. The topological polar surface area (TPSA) is 25.8 Å². The van der Waals surface area contributed by atoms with Gasteiger partial charge in [0.05, 0.1) is 11.4 Å². The van der Waals surface area contributed by atoms with Crippen LogP contribution < -0.4 is 0 Å². The van der Waals surface area contributed by atoms with E-state index >= 15 is 0 Å². The molecule has 0 amide bonds. The lowest BCUT2D eigenvalue weighted by Crippen LogP contribution is -2.14. The zero-order chi connectivity index (χ0) is 30.4. The summed E-state index contributed by atoms with van der Waals surface area (Å²) in [6.45, 7) is 4.65. The molecule has 0 unspecified atom stereocenters. The van der Waals surface area contributed by atoms with Crippen LogP contribution in [-0.4, -0.2) is 9.97 Å². The molecule has 7 aromatic rings. The van der Waals surface area contributed by atoms with Gasteiger partial charge in [0, 0.05) is 22.1 Å². The standard InChI is InChI=1S/C43H32N2/c1-43(2)38-16-10-9-15-36(38)37-27-35(25-26-39(37)43)31-19-23-33(24-20-31)41-28-40(44-42(45-41)34-13-7-4-8-14-34)32-21-17-30(18-22-32)29-11-5-3-6-12-29/h3-28H,1-2H3. The molecule has 2 heteroatoms. The largest absolute Gasteiger partial charge is 0.228 e. The van der Waals surface area contributed by atoms with Gasteiger partial charge < -0.3 is 0 Å². The van der Waals surface area contributed by atoms with Crippen LogP contribution in [0, 0.1) is 0 Å². The quantitative estimate of drug-likeness (QED) is 0.204. The molecule has 1 aliphatic carbocycles. The summed E-state index contributed by atoms with van der Waals surface area (Å²) in [5.41, 5.74) is 15.2. The van der Waals surface area contributed by atoms with Crippen molar-refractivity contribution in [3.05, 3.63) is 169 Å². The van der Waals surface area contributed by atoms with E-state index in [0.717, 1.165) is 33.9 Å². The highest BCUT2D eigenvalue weighted by Crippen LogP contribution is 2.49. The molecule has 214 valence electrons. The molecular weight excluding hydrogens is 544 g/mol. The first kappa shape index (κ1) is 27.0. The Morgan fingerprint density at radius 3 is 1.42 bits per heavy atom. The van der Waals surface area contributed by atoms with Gasteiger partial charge in [-0.1, -0.05) is 159 Å². The molecule has 0 fully saturated rings. The van der Waals surface area contributed by atoms with Crippen molar-refractivity contribution in [2.75, 3.05) is 0 Å². The number of hydrogen-bond acceptors (Lipinski definition) is 2. The van der Waals surface area contributed by atoms with Gasteiger partial charge >= 0.3 is 0 Å². The first-order valence-electron chi connectivity index (χ1n) is 15.5. The molecule has 1 aliphatic rings. The van der Waals surface area contributed by atoms with Crippen molar-refractivity contribution in [2.24, 2.45) is 0 Å². The summed E-state index contributed by atoms with van der Waals surface area (Å²) in [6, 6.07) is 55.9. The predicted molar refractivity (Wildman–Crippen MR) is 187 cm³/mol. The molecule has 0 saturated carbocycles. The van der Waals surface area contributed by atoms with Crippen LogP contribution >= 0.6 is 0 Å². The van der Waals surface area contributed by atoms with Crippen molar-refractivity contribution >= 4 is 0 Å². The summed E-state index contributed by atoms with van der Waals surface area (Å²) in [5, 5.41) is 0. The van der Waals surface area contributed by atoms with Gasteiger partial charge in [0.1, 0.15) is 0 Å². The van der Waals surface area contributed by atoms with E-state index in [2.05, 4.69) is 147 Å². The normalized spacial score (nSPS) is 12.8. The molecule has 0 N–H and O–H groups in total. The third-order valence-electron chi connectivity index (χ3n) is 9.14. The molecule has 2 nitrogen and oxygen atoms in total. The average Bonchev–Trinajstić information content (AvgIpc) is 3.34. The Balaban J connectivity index is 1.16. The van der Waals surface area contributed by atoms with Gasteiger partial charge in [-0.25, -0.2) is 9.97 Å². The van der Waals surface area contributed by atoms with Crippen LogP contribution in [0.15, 0.2) is 158 Å². The van der Waals surface area contributed by atoms with Crippen molar-refractivity contribution in [1.82, 2.24) is 9.97 Å². The SMILES string of the molecule is CC1(C)c2ccccc2-c2cc(-c3ccc(-c4cc(-c5ccc(-c6ccccc6)cc5)nc(-c5ccccc5)n4)cc3)ccc21. The minimum absolute atomic E-state index is 0.0113. The summed E-state index contributed by atoms with van der Waals surface area (Å²) in [7, 11) is 0. The second-order valence-corrected chi connectivity index (χ2v) is 12.3. The summed E-state index contributed by atoms with van der Waals surface area (Å²) in [4.78, 5) is 10.1. The lowest BCUT2D eigenvalue weighted by atomic mass is 9.82. The highest BCUT2D eigenvalue weighted by atomic mass is 14.9. The van der Waals surface area contributed by atoms with Gasteiger partial charge in [0.25, 0.3) is 0 Å². The van der Waals surface area contributed by atoms with Crippen molar-refractivity contribution < 1.29 is 0 Å². The Labute approximate surface area is 264 Å². The molecule has 6 aromatic carbocycles. The maximum atomic E-state index is 5.04. The van der Waals surface area contributed by atoms with E-state index in [-0.39, 0.29) is 5.41 Å². The molecule has 0 atom stereocenters. The zero-order valence-electron chi connectivity index (χ0n) is 25.4. The molecule has 0 aliphatic heterocycles. The van der Waals surface area contributed by atoms with Crippen LogP contribution in [0.2, 0.25) is 0 Å². The highest BCUT2D eigenvalue weighted by Gasteiger charge is 2.35. The monoisotopic (exact) mass is 576 g/mol. The second-order valence-electron chi connectivity index (χ2n) is 12.3. The molecule has 0 spiro atoms. The second kappa shape index (κ2) is 10.8. The molecular formula is C43H32N2. The van der Waals surface area contributed by atoms with E-state index in [4.69, 9.17) is 9.97 Å². The molecule has 0 radical (unpaired) electrons. The number of rotatable bonds is 5. The minimum atomic E-state index is 0.0113. The number of nitrogens with zero attached hydrogens (tertiary/aromatic N) is 2. The average molecular weight is 577 g/mol. The Bertz CT molecular complexity index is 2140. The smallest absolute Gasteiger partial charge is 0.160 e. The van der Waals surface area contributed by atoms with Gasteiger partial charge in [-0.3, -0.25) is 0 Å². The molecule has 8 rings (SSSR count). The van der Waals surface area contributed by atoms with Gasteiger partial charge in [-0.05, 0) is 56.6 Å². The lowest BCUT2D eigenvalue weighted by Gasteiger charge is -2.21. The Kier molecular flexibility index (Phi) is 6.50. The van der Waals surface area contributed by atoms with Gasteiger partial charge in [0.2, 0.25) is 0 Å². The summed E-state index contributed by atoms with van der Waals surface area (Å²) < 4.78 is 0. The van der Waals surface area contributed by atoms with Crippen LogP contribution in [-0.2, 0) is 5.41 Å². The third kappa shape index (κ3) is 4.85. The Morgan fingerprint density at radius 1 is 0.356 bits per heavy atom. The molecule has 45 heavy (non-hydrogen) atoms. The van der Waals surface area contributed by atoms with Gasteiger partial charge in [-0.15, -0.1) is 0 Å². The fourth-order valence-electron chi connectivity index (χ4n) is 6.66. The molecule has 0 saturated heterocycles. The fourth-order valence-corrected chi connectivity index (χ4v) is 6.66. The third-order valence-corrected chi connectivity index (χ3v) is 9.14. The van der Waals surface area contributed by atoms with E-state index in [1.165, 1.54) is 44.5 Å². The van der Waals surface area contributed by atoms with E-state index in [1.54, 1.807) is 0 Å². The number of fused-ring (bicyclic) bond motifs is 3. The minimum Gasteiger partial charge on any atom is -0.228 e. The summed E-state index contributed by atoms with van der Waals surface area (Å²) in [5.74, 6) is 0.721. The van der Waals surface area contributed by atoms with Crippen LogP contribution in [0.3, 0.4) is 0 Å². The number of benzene rings is 6. The fraction of sp³-hybridized carbons (Fsp3) is 0.0698. The maximum Gasteiger partial charge on any atom is 0.160 e. The maximum absolute atomic E-state index is 5.04. The molecule has 1 heterocycles. The predicted octanol–water partition coefficient (Wildman–Crippen LogP) is 11.1. The van der Waals surface area contributed by atoms with Crippen LogP contribution in [0.25, 0.3) is 67.3 Å². The first-order valence-corrected chi connectivity index (χ1v) is 15.5. The number of aromatic nitrogens is 2. The van der Waals surface area contributed by atoms with Crippen molar-refractivity contribution in [2.45, 2.75) is 19.3 Å². The summed E-state index contributed by atoms with van der Waals surface area (Å²) >= 11 is 0. The van der Waals surface area contributed by atoms with Crippen LogP contribution in [0.4, 0.5) is 0 Å². The highest BCUT2D eigenvalue weighted by molar-refractivity contribution is 5.85. The van der Waals surface area contributed by atoms with Crippen LogP contribution in [0.1, 0.15) is 25.0 Å². The van der Waals surface area contributed by atoms with Crippen molar-refractivity contribution in [1.29, 1.82) is 0 Å². The first-order chi connectivity index (χ1) is 22.0. The van der Waals surface area contributed by atoms with E-state index < -0.39 is 0 Å². The Hall–Kier alpha value is -5.60.